The zero-order chi connectivity index (χ0) is 16.9. The SMILES string of the molecule is Cc1ccc(S(=O)(=O)O)cc1.Fc1cccc(CC2CNC2)c1. The van der Waals surface area contributed by atoms with E-state index in [1.54, 1.807) is 24.3 Å². The van der Waals surface area contributed by atoms with Crippen molar-refractivity contribution in [2.24, 2.45) is 5.92 Å². The van der Waals surface area contributed by atoms with Crippen LogP contribution in [0.3, 0.4) is 0 Å². The Kier molecular flexibility index (Phi) is 5.87. The van der Waals surface area contributed by atoms with Gasteiger partial charge in [-0.05, 0) is 62.2 Å². The molecule has 2 aromatic rings. The predicted octanol–water partition coefficient (Wildman–Crippen LogP) is 2.83. The van der Waals surface area contributed by atoms with Crippen molar-refractivity contribution in [1.29, 1.82) is 0 Å². The molecule has 0 aliphatic carbocycles. The maximum absolute atomic E-state index is 12.7. The van der Waals surface area contributed by atoms with Crippen molar-refractivity contribution in [1.82, 2.24) is 5.32 Å². The van der Waals surface area contributed by atoms with Crippen LogP contribution in [0.4, 0.5) is 4.39 Å². The van der Waals surface area contributed by atoms with Crippen molar-refractivity contribution < 1.29 is 17.4 Å². The zero-order valence-corrected chi connectivity index (χ0v) is 13.7. The number of rotatable bonds is 3. The van der Waals surface area contributed by atoms with Crippen LogP contribution in [-0.2, 0) is 16.5 Å². The van der Waals surface area contributed by atoms with Gasteiger partial charge in [0.25, 0.3) is 10.1 Å². The Morgan fingerprint density at radius 1 is 1.17 bits per heavy atom. The largest absolute Gasteiger partial charge is 0.316 e. The molecule has 1 fully saturated rings. The van der Waals surface area contributed by atoms with Gasteiger partial charge in [0.2, 0.25) is 0 Å². The second-order valence-corrected chi connectivity index (χ2v) is 7.07. The van der Waals surface area contributed by atoms with E-state index in [1.165, 1.54) is 18.2 Å². The number of hydrogen-bond donors (Lipinski definition) is 2. The predicted molar refractivity (Wildman–Crippen MR) is 87.5 cm³/mol. The third-order valence-electron chi connectivity index (χ3n) is 3.60. The maximum atomic E-state index is 12.7. The van der Waals surface area contributed by atoms with E-state index in [1.807, 2.05) is 13.0 Å². The second-order valence-electron chi connectivity index (χ2n) is 5.65. The quantitative estimate of drug-likeness (QED) is 0.845. The maximum Gasteiger partial charge on any atom is 0.294 e. The van der Waals surface area contributed by atoms with Gasteiger partial charge in [0.05, 0.1) is 4.90 Å². The van der Waals surface area contributed by atoms with Crippen LogP contribution in [0.1, 0.15) is 11.1 Å². The lowest BCUT2D eigenvalue weighted by Crippen LogP contribution is -2.43. The van der Waals surface area contributed by atoms with Gasteiger partial charge in [0, 0.05) is 0 Å². The first kappa shape index (κ1) is 17.6. The second kappa shape index (κ2) is 7.68. The van der Waals surface area contributed by atoms with E-state index in [0.29, 0.717) is 5.92 Å². The zero-order valence-electron chi connectivity index (χ0n) is 12.9. The minimum Gasteiger partial charge on any atom is -0.316 e. The fraction of sp³-hybridized carbons (Fsp3) is 0.294. The van der Waals surface area contributed by atoms with Crippen LogP contribution in [-0.4, -0.2) is 26.1 Å². The molecular weight excluding hydrogens is 317 g/mol. The Balaban J connectivity index is 0.000000168. The van der Waals surface area contributed by atoms with Crippen LogP contribution < -0.4 is 5.32 Å². The number of aryl methyl sites for hydroxylation is 1. The Hall–Kier alpha value is -1.76. The average Bonchev–Trinajstić information content (AvgIpc) is 2.43. The summed E-state index contributed by atoms with van der Waals surface area (Å²) in [5.41, 5.74) is 2.07. The number of nitrogens with one attached hydrogen (secondary N) is 1. The topological polar surface area (TPSA) is 66.4 Å². The molecule has 0 aromatic heterocycles. The molecule has 0 radical (unpaired) electrons. The normalized spacial score (nSPS) is 14.6. The molecule has 4 nitrogen and oxygen atoms in total. The molecule has 0 spiro atoms. The van der Waals surface area contributed by atoms with Crippen LogP contribution in [0.2, 0.25) is 0 Å². The van der Waals surface area contributed by atoms with E-state index >= 15 is 0 Å². The molecular formula is C17H20FNO3S. The highest BCUT2D eigenvalue weighted by Crippen LogP contribution is 2.13. The molecule has 0 atom stereocenters. The minimum absolute atomic E-state index is 0.0666. The molecule has 23 heavy (non-hydrogen) atoms. The highest BCUT2D eigenvalue weighted by atomic mass is 32.2. The molecule has 6 heteroatoms. The molecule has 1 heterocycles. The fourth-order valence-electron chi connectivity index (χ4n) is 2.20. The van der Waals surface area contributed by atoms with E-state index in [-0.39, 0.29) is 10.7 Å². The van der Waals surface area contributed by atoms with Crippen molar-refractivity contribution in [3.05, 3.63) is 65.5 Å². The molecule has 1 aliphatic heterocycles. The minimum atomic E-state index is -4.02. The van der Waals surface area contributed by atoms with Crippen LogP contribution in [0.15, 0.2) is 53.4 Å². The Morgan fingerprint density at radius 2 is 1.83 bits per heavy atom. The standard InChI is InChI=1S/C10H12FN.C7H8O3S/c11-10-3-1-2-8(5-10)4-9-6-12-7-9;1-6-2-4-7(5-3-6)11(8,9)10/h1-3,5,9,12H,4,6-7H2;2-5H,1H3,(H,8,9,10). The highest BCUT2D eigenvalue weighted by Gasteiger charge is 2.16. The summed E-state index contributed by atoms with van der Waals surface area (Å²) in [4.78, 5) is -0.0666. The first-order valence-corrected chi connectivity index (χ1v) is 8.78. The fourth-order valence-corrected chi connectivity index (χ4v) is 2.68. The summed E-state index contributed by atoms with van der Waals surface area (Å²) in [5.74, 6) is 0.589. The molecule has 3 rings (SSSR count). The monoisotopic (exact) mass is 337 g/mol. The van der Waals surface area contributed by atoms with E-state index in [2.05, 4.69) is 5.32 Å². The lowest BCUT2D eigenvalue weighted by atomic mass is 9.94. The highest BCUT2D eigenvalue weighted by molar-refractivity contribution is 7.85. The molecule has 1 aliphatic rings. The first-order chi connectivity index (χ1) is 10.8. The van der Waals surface area contributed by atoms with Gasteiger partial charge in [-0.15, -0.1) is 0 Å². The molecule has 0 bridgehead atoms. The third-order valence-corrected chi connectivity index (χ3v) is 4.47. The molecule has 0 saturated carbocycles. The van der Waals surface area contributed by atoms with E-state index < -0.39 is 10.1 Å². The van der Waals surface area contributed by atoms with Crippen LogP contribution >= 0.6 is 0 Å². The lowest BCUT2D eigenvalue weighted by Gasteiger charge is -2.26. The van der Waals surface area contributed by atoms with Gasteiger partial charge in [-0.1, -0.05) is 29.8 Å². The summed E-state index contributed by atoms with van der Waals surface area (Å²) in [6.45, 7) is 4.00. The molecule has 1 saturated heterocycles. The van der Waals surface area contributed by atoms with E-state index in [4.69, 9.17) is 4.55 Å². The summed E-state index contributed by atoms with van der Waals surface area (Å²) >= 11 is 0. The number of halogens is 1. The van der Waals surface area contributed by atoms with E-state index in [0.717, 1.165) is 30.6 Å². The summed E-state index contributed by atoms with van der Waals surface area (Å²) in [7, 11) is -4.02. The van der Waals surface area contributed by atoms with Gasteiger partial charge >= 0.3 is 0 Å². The summed E-state index contributed by atoms with van der Waals surface area (Å²) in [5, 5.41) is 3.20. The Morgan fingerprint density at radius 3 is 2.30 bits per heavy atom. The molecule has 0 unspecified atom stereocenters. The van der Waals surface area contributed by atoms with Gasteiger partial charge in [-0.25, -0.2) is 4.39 Å². The van der Waals surface area contributed by atoms with Crippen molar-refractivity contribution in [3.63, 3.8) is 0 Å². The first-order valence-electron chi connectivity index (χ1n) is 7.34. The Labute approximate surface area is 136 Å². The molecule has 0 amide bonds. The van der Waals surface area contributed by atoms with Crippen LogP contribution in [0, 0.1) is 18.7 Å². The van der Waals surface area contributed by atoms with Gasteiger partial charge in [0.15, 0.2) is 0 Å². The summed E-state index contributed by atoms with van der Waals surface area (Å²) in [6, 6.07) is 12.9. The van der Waals surface area contributed by atoms with Gasteiger partial charge in [-0.3, -0.25) is 4.55 Å². The van der Waals surface area contributed by atoms with Crippen LogP contribution in [0.5, 0.6) is 0 Å². The Bertz CT molecular complexity index is 741. The van der Waals surface area contributed by atoms with Crippen molar-refractivity contribution in [2.45, 2.75) is 18.2 Å². The molecule has 2 aromatic carbocycles. The van der Waals surface area contributed by atoms with Crippen molar-refractivity contribution >= 4 is 10.1 Å². The smallest absolute Gasteiger partial charge is 0.294 e. The van der Waals surface area contributed by atoms with E-state index in [9.17, 15) is 12.8 Å². The average molecular weight is 337 g/mol. The summed E-state index contributed by atoms with van der Waals surface area (Å²) < 4.78 is 42.3. The number of benzene rings is 2. The van der Waals surface area contributed by atoms with Crippen LogP contribution in [0.25, 0.3) is 0 Å². The summed E-state index contributed by atoms with van der Waals surface area (Å²) in [6.07, 6.45) is 1.00. The van der Waals surface area contributed by atoms with Crippen molar-refractivity contribution in [3.8, 4) is 0 Å². The molecule has 124 valence electrons. The van der Waals surface area contributed by atoms with Gasteiger partial charge in [-0.2, -0.15) is 8.42 Å². The lowest BCUT2D eigenvalue weighted by molar-refractivity contribution is 0.346. The van der Waals surface area contributed by atoms with Gasteiger partial charge in [0.1, 0.15) is 5.82 Å². The van der Waals surface area contributed by atoms with Gasteiger partial charge < -0.3 is 5.32 Å². The molecule has 2 N–H and O–H groups in total. The van der Waals surface area contributed by atoms with Crippen molar-refractivity contribution in [2.75, 3.05) is 13.1 Å². The number of hydrogen-bond acceptors (Lipinski definition) is 3. The third kappa shape index (κ3) is 5.74.